The number of amides is 2. The van der Waals surface area contributed by atoms with Crippen LogP contribution in [-0.2, 0) is 0 Å². The third kappa shape index (κ3) is 2.94. The van der Waals surface area contributed by atoms with Crippen LogP contribution in [0.2, 0.25) is 0 Å². The van der Waals surface area contributed by atoms with E-state index in [9.17, 15) is 4.79 Å². The zero-order valence-corrected chi connectivity index (χ0v) is 14.4. The lowest BCUT2D eigenvalue weighted by atomic mass is 10.2. The van der Waals surface area contributed by atoms with Gasteiger partial charge in [0.05, 0.1) is 18.5 Å². The molecule has 3 aromatic carbocycles. The zero-order valence-electron chi connectivity index (χ0n) is 13.6. The first-order valence-electron chi connectivity index (χ1n) is 7.87. The molecule has 0 radical (unpaired) electrons. The Morgan fingerprint density at radius 1 is 0.920 bits per heavy atom. The second kappa shape index (κ2) is 6.53. The van der Waals surface area contributed by atoms with Crippen molar-refractivity contribution in [1.82, 2.24) is 0 Å². The van der Waals surface area contributed by atoms with Crippen molar-refractivity contribution in [3.8, 4) is 5.75 Å². The van der Waals surface area contributed by atoms with Crippen LogP contribution in [0.4, 0.5) is 21.9 Å². The summed E-state index contributed by atoms with van der Waals surface area (Å²) in [6.45, 7) is 0. The number of fused-ring (bicyclic) bond motifs is 2. The molecule has 25 heavy (non-hydrogen) atoms. The summed E-state index contributed by atoms with van der Waals surface area (Å²) in [5.74, 6) is 0.702. The molecule has 4 rings (SSSR count). The SMILES string of the molecule is COc1cccc(NC(=O)N2c3ccccc3Sc3ccccc32)c1. The molecule has 0 aliphatic carbocycles. The van der Waals surface area contributed by atoms with E-state index in [1.807, 2.05) is 66.7 Å². The quantitative estimate of drug-likeness (QED) is 0.662. The molecule has 0 saturated carbocycles. The van der Waals surface area contributed by atoms with Crippen LogP contribution in [0.25, 0.3) is 0 Å². The average Bonchev–Trinajstić information content (AvgIpc) is 2.66. The lowest BCUT2D eigenvalue weighted by Crippen LogP contribution is -2.32. The lowest BCUT2D eigenvalue weighted by Gasteiger charge is -2.31. The molecule has 0 atom stereocenters. The van der Waals surface area contributed by atoms with Crippen molar-refractivity contribution < 1.29 is 9.53 Å². The second-order valence-corrected chi connectivity index (χ2v) is 6.62. The van der Waals surface area contributed by atoms with E-state index in [0.717, 1.165) is 21.2 Å². The van der Waals surface area contributed by atoms with Gasteiger partial charge in [-0.05, 0) is 36.4 Å². The number of hydrogen-bond donors (Lipinski definition) is 1. The summed E-state index contributed by atoms with van der Waals surface area (Å²) in [4.78, 5) is 16.9. The number of nitrogens with zero attached hydrogens (tertiary/aromatic N) is 1. The highest BCUT2D eigenvalue weighted by atomic mass is 32.2. The van der Waals surface area contributed by atoms with Gasteiger partial charge in [0.1, 0.15) is 5.75 Å². The molecule has 0 saturated heterocycles. The van der Waals surface area contributed by atoms with Crippen molar-refractivity contribution in [3.05, 3.63) is 72.8 Å². The molecule has 0 unspecified atom stereocenters. The number of urea groups is 1. The van der Waals surface area contributed by atoms with Crippen LogP contribution in [0.1, 0.15) is 0 Å². The Hall–Kier alpha value is -2.92. The maximum atomic E-state index is 13.1. The number of nitrogens with one attached hydrogen (secondary N) is 1. The first-order valence-corrected chi connectivity index (χ1v) is 8.69. The van der Waals surface area contributed by atoms with Gasteiger partial charge >= 0.3 is 6.03 Å². The van der Waals surface area contributed by atoms with Gasteiger partial charge in [0.25, 0.3) is 0 Å². The highest BCUT2D eigenvalue weighted by Gasteiger charge is 2.27. The van der Waals surface area contributed by atoms with Gasteiger partial charge in [-0.1, -0.05) is 42.1 Å². The van der Waals surface area contributed by atoms with Crippen LogP contribution in [0.5, 0.6) is 5.75 Å². The van der Waals surface area contributed by atoms with Crippen LogP contribution in [0.15, 0.2) is 82.6 Å². The number of anilines is 3. The first kappa shape index (κ1) is 15.6. The normalized spacial score (nSPS) is 12.1. The molecule has 0 aromatic heterocycles. The molecule has 5 heteroatoms. The maximum absolute atomic E-state index is 13.1. The highest BCUT2D eigenvalue weighted by molar-refractivity contribution is 7.99. The number of methoxy groups -OCH3 is 1. The zero-order chi connectivity index (χ0) is 17.2. The Balaban J connectivity index is 1.72. The Morgan fingerprint density at radius 3 is 2.20 bits per heavy atom. The molecule has 0 bridgehead atoms. The molecular formula is C20H16N2O2S. The number of carbonyl (C=O) groups excluding carboxylic acids is 1. The summed E-state index contributed by atoms with van der Waals surface area (Å²) in [6.07, 6.45) is 0. The fraction of sp³-hybridized carbons (Fsp3) is 0.0500. The van der Waals surface area contributed by atoms with Gasteiger partial charge in [0.2, 0.25) is 0 Å². The predicted molar refractivity (Wildman–Crippen MR) is 101 cm³/mol. The van der Waals surface area contributed by atoms with Crippen LogP contribution in [-0.4, -0.2) is 13.1 Å². The average molecular weight is 348 g/mol. The van der Waals surface area contributed by atoms with Crippen molar-refractivity contribution in [2.75, 3.05) is 17.3 Å². The minimum absolute atomic E-state index is 0.201. The monoisotopic (exact) mass is 348 g/mol. The summed E-state index contributed by atoms with van der Waals surface area (Å²) in [5, 5.41) is 2.97. The van der Waals surface area contributed by atoms with E-state index in [2.05, 4.69) is 5.32 Å². The summed E-state index contributed by atoms with van der Waals surface area (Å²) >= 11 is 1.67. The van der Waals surface area contributed by atoms with E-state index in [-0.39, 0.29) is 6.03 Å². The number of carbonyl (C=O) groups is 1. The third-order valence-corrected chi connectivity index (χ3v) is 5.09. The Kier molecular flexibility index (Phi) is 4.07. The van der Waals surface area contributed by atoms with E-state index in [0.29, 0.717) is 11.4 Å². The van der Waals surface area contributed by atoms with Crippen molar-refractivity contribution >= 4 is 34.9 Å². The lowest BCUT2D eigenvalue weighted by molar-refractivity contribution is 0.259. The molecule has 0 fully saturated rings. The second-order valence-electron chi connectivity index (χ2n) is 5.54. The van der Waals surface area contributed by atoms with Crippen molar-refractivity contribution in [1.29, 1.82) is 0 Å². The predicted octanol–water partition coefficient (Wildman–Crippen LogP) is 5.53. The van der Waals surface area contributed by atoms with Crippen LogP contribution in [0, 0.1) is 0 Å². The summed E-state index contributed by atoms with van der Waals surface area (Å²) < 4.78 is 5.23. The summed E-state index contributed by atoms with van der Waals surface area (Å²) in [5.41, 5.74) is 2.45. The molecule has 124 valence electrons. The number of para-hydroxylation sites is 2. The van der Waals surface area contributed by atoms with E-state index in [1.54, 1.807) is 29.8 Å². The van der Waals surface area contributed by atoms with Gasteiger partial charge in [-0.15, -0.1) is 0 Å². The number of benzene rings is 3. The number of hydrogen-bond acceptors (Lipinski definition) is 3. The van der Waals surface area contributed by atoms with Gasteiger partial charge in [-0.25, -0.2) is 4.79 Å². The van der Waals surface area contributed by atoms with E-state index >= 15 is 0 Å². The van der Waals surface area contributed by atoms with Crippen molar-refractivity contribution in [2.45, 2.75) is 9.79 Å². The molecule has 1 heterocycles. The smallest absolute Gasteiger partial charge is 0.331 e. The molecule has 2 amide bonds. The minimum Gasteiger partial charge on any atom is -0.497 e. The van der Waals surface area contributed by atoms with Crippen molar-refractivity contribution in [2.24, 2.45) is 0 Å². The minimum atomic E-state index is -0.201. The van der Waals surface area contributed by atoms with Crippen LogP contribution >= 0.6 is 11.8 Å². The maximum Gasteiger partial charge on any atom is 0.331 e. The van der Waals surface area contributed by atoms with Crippen molar-refractivity contribution in [3.63, 3.8) is 0 Å². The highest BCUT2D eigenvalue weighted by Crippen LogP contribution is 2.48. The molecule has 3 aromatic rings. The van der Waals surface area contributed by atoms with Crippen LogP contribution < -0.4 is 15.0 Å². The van der Waals surface area contributed by atoms with E-state index in [4.69, 9.17) is 4.74 Å². The third-order valence-electron chi connectivity index (χ3n) is 3.96. The molecule has 4 nitrogen and oxygen atoms in total. The van der Waals surface area contributed by atoms with E-state index < -0.39 is 0 Å². The summed E-state index contributed by atoms with van der Waals surface area (Å²) in [6, 6.07) is 23.0. The van der Waals surface area contributed by atoms with Gasteiger partial charge in [0, 0.05) is 21.5 Å². The molecule has 1 aliphatic heterocycles. The van der Waals surface area contributed by atoms with Gasteiger partial charge in [-0.3, -0.25) is 4.90 Å². The van der Waals surface area contributed by atoms with Gasteiger partial charge < -0.3 is 10.1 Å². The van der Waals surface area contributed by atoms with Gasteiger partial charge in [0.15, 0.2) is 0 Å². The largest absolute Gasteiger partial charge is 0.497 e. The Morgan fingerprint density at radius 2 is 1.56 bits per heavy atom. The summed E-state index contributed by atoms with van der Waals surface area (Å²) in [7, 11) is 1.61. The first-order chi connectivity index (χ1) is 12.3. The Bertz CT molecular complexity index is 897. The van der Waals surface area contributed by atoms with E-state index in [1.165, 1.54) is 0 Å². The standard InChI is InChI=1S/C20H16N2O2S/c1-24-15-8-6-7-14(13-15)21-20(23)22-16-9-2-4-11-18(16)25-19-12-5-3-10-17(19)22/h2-13H,1H3,(H,21,23). The van der Waals surface area contributed by atoms with Crippen LogP contribution in [0.3, 0.4) is 0 Å². The topological polar surface area (TPSA) is 41.6 Å². The van der Waals surface area contributed by atoms with Gasteiger partial charge in [-0.2, -0.15) is 0 Å². The number of rotatable bonds is 2. The molecule has 1 aliphatic rings. The molecule has 0 spiro atoms. The Labute approximate surface area is 150 Å². The molecular weight excluding hydrogens is 332 g/mol. The fourth-order valence-corrected chi connectivity index (χ4v) is 3.86. The number of ether oxygens (including phenoxy) is 1. The fourth-order valence-electron chi connectivity index (χ4n) is 2.80. The molecule has 1 N–H and O–H groups in total.